The van der Waals surface area contributed by atoms with E-state index in [1.165, 1.54) is 20.9 Å². The number of aryl methyl sites for hydroxylation is 2. The first-order valence-corrected chi connectivity index (χ1v) is 13.6. The Hall–Kier alpha value is -4.07. The van der Waals surface area contributed by atoms with E-state index in [4.69, 9.17) is 17.0 Å². The molecule has 5 nitrogen and oxygen atoms in total. The van der Waals surface area contributed by atoms with E-state index in [9.17, 15) is 9.59 Å². The molecular formula is C32H25BrN2O3S. The van der Waals surface area contributed by atoms with Crippen LogP contribution in [-0.2, 0) is 16.2 Å². The first-order chi connectivity index (χ1) is 18.8. The zero-order valence-corrected chi connectivity index (χ0v) is 23.8. The van der Waals surface area contributed by atoms with Crippen LogP contribution < -0.4 is 14.5 Å². The number of para-hydroxylation sites is 2. The maximum absolute atomic E-state index is 13.8. The Morgan fingerprint density at radius 3 is 1.92 bits per heavy atom. The lowest BCUT2D eigenvalue weighted by molar-refractivity contribution is -0.120. The predicted octanol–water partition coefficient (Wildman–Crippen LogP) is 7.39. The fourth-order valence-corrected chi connectivity index (χ4v) is 5.07. The van der Waals surface area contributed by atoms with Crippen molar-refractivity contribution >= 4 is 62.5 Å². The van der Waals surface area contributed by atoms with Crippen LogP contribution in [0.15, 0.2) is 107 Å². The highest BCUT2D eigenvalue weighted by Crippen LogP contribution is 2.32. The molecular weight excluding hydrogens is 572 g/mol. The van der Waals surface area contributed by atoms with Crippen molar-refractivity contribution in [1.82, 2.24) is 0 Å². The first-order valence-electron chi connectivity index (χ1n) is 12.4. The third-order valence-corrected chi connectivity index (χ3v) is 7.37. The van der Waals surface area contributed by atoms with Crippen molar-refractivity contribution in [1.29, 1.82) is 0 Å². The fraction of sp³-hybridized carbons (Fsp3) is 0.0938. The molecule has 5 rings (SSSR count). The molecule has 0 aliphatic carbocycles. The second-order valence-corrected chi connectivity index (χ2v) is 10.5. The number of amides is 2. The molecule has 0 unspecified atom stereocenters. The van der Waals surface area contributed by atoms with Gasteiger partial charge < -0.3 is 4.74 Å². The van der Waals surface area contributed by atoms with Crippen molar-refractivity contribution in [2.75, 3.05) is 9.80 Å². The molecule has 0 aromatic heterocycles. The van der Waals surface area contributed by atoms with Gasteiger partial charge in [-0.1, -0.05) is 70.5 Å². The summed E-state index contributed by atoms with van der Waals surface area (Å²) in [6.45, 7) is 4.48. The van der Waals surface area contributed by atoms with E-state index >= 15 is 0 Å². The molecule has 0 bridgehead atoms. The maximum Gasteiger partial charge on any atom is 0.270 e. The van der Waals surface area contributed by atoms with Gasteiger partial charge in [-0.05, 0) is 91.3 Å². The molecule has 194 valence electrons. The van der Waals surface area contributed by atoms with Crippen LogP contribution in [0, 0.1) is 13.8 Å². The average Bonchev–Trinajstić information content (AvgIpc) is 2.93. The number of anilines is 2. The number of carbonyl (C=O) groups is 2. The smallest absolute Gasteiger partial charge is 0.270 e. The van der Waals surface area contributed by atoms with Gasteiger partial charge in [0, 0.05) is 10.0 Å². The lowest BCUT2D eigenvalue weighted by Crippen LogP contribution is -2.56. The highest BCUT2D eigenvalue weighted by Gasteiger charge is 2.41. The normalized spacial score (nSPS) is 13.6. The van der Waals surface area contributed by atoms with E-state index < -0.39 is 11.8 Å². The van der Waals surface area contributed by atoms with E-state index in [0.717, 1.165) is 10.0 Å². The van der Waals surface area contributed by atoms with E-state index in [1.807, 2.05) is 60.7 Å². The summed E-state index contributed by atoms with van der Waals surface area (Å²) in [5, 5.41) is 0.0972. The van der Waals surface area contributed by atoms with Gasteiger partial charge in [0.15, 0.2) is 5.11 Å². The number of hydrogen-bond donors (Lipinski definition) is 0. The molecule has 39 heavy (non-hydrogen) atoms. The van der Waals surface area contributed by atoms with Gasteiger partial charge >= 0.3 is 0 Å². The Morgan fingerprint density at radius 2 is 1.36 bits per heavy atom. The van der Waals surface area contributed by atoms with E-state index in [-0.39, 0.29) is 10.7 Å². The van der Waals surface area contributed by atoms with Crippen LogP contribution in [0.2, 0.25) is 0 Å². The summed E-state index contributed by atoms with van der Waals surface area (Å²) in [6, 6.07) is 29.9. The van der Waals surface area contributed by atoms with Crippen LogP contribution in [0.4, 0.5) is 11.4 Å². The first kappa shape index (κ1) is 26.5. The minimum absolute atomic E-state index is 0.0227. The summed E-state index contributed by atoms with van der Waals surface area (Å²) >= 11 is 9.21. The van der Waals surface area contributed by atoms with Crippen molar-refractivity contribution in [3.63, 3.8) is 0 Å². The zero-order chi connectivity index (χ0) is 27.5. The van der Waals surface area contributed by atoms with Gasteiger partial charge in [0.1, 0.15) is 17.9 Å². The summed E-state index contributed by atoms with van der Waals surface area (Å²) in [6.07, 6.45) is 1.58. The van der Waals surface area contributed by atoms with Crippen LogP contribution in [0.5, 0.6) is 5.75 Å². The van der Waals surface area contributed by atoms with Crippen molar-refractivity contribution < 1.29 is 14.3 Å². The molecule has 0 N–H and O–H groups in total. The highest BCUT2D eigenvalue weighted by atomic mass is 79.9. The topological polar surface area (TPSA) is 49.9 Å². The second-order valence-electron chi connectivity index (χ2n) is 9.18. The van der Waals surface area contributed by atoms with Gasteiger partial charge in [0.05, 0.1) is 11.4 Å². The second kappa shape index (κ2) is 11.4. The Labute approximate surface area is 241 Å². The number of thiocarbonyl (C=S) groups is 1. The molecule has 0 spiro atoms. The van der Waals surface area contributed by atoms with Gasteiger partial charge in [-0.15, -0.1) is 0 Å². The Balaban J connectivity index is 1.57. The molecule has 7 heteroatoms. The van der Waals surface area contributed by atoms with Crippen LogP contribution in [0.1, 0.15) is 22.3 Å². The SMILES string of the molecule is Cc1ccc(COc2ccc(Br)cc2C=C2C(=O)N(c3ccccc3)C(=S)N(c3ccccc3)C2=O)cc1C. The number of carbonyl (C=O) groups excluding carboxylic acids is 2. The van der Waals surface area contributed by atoms with Gasteiger partial charge in [-0.25, -0.2) is 0 Å². The predicted molar refractivity (Wildman–Crippen MR) is 163 cm³/mol. The average molecular weight is 598 g/mol. The minimum atomic E-state index is -0.497. The Morgan fingerprint density at radius 1 is 0.769 bits per heavy atom. The number of rotatable bonds is 6. The third kappa shape index (κ3) is 5.55. The van der Waals surface area contributed by atoms with E-state index in [2.05, 4.69) is 41.9 Å². The summed E-state index contributed by atoms with van der Waals surface area (Å²) in [5.41, 5.74) is 5.15. The van der Waals surface area contributed by atoms with Crippen LogP contribution in [-0.4, -0.2) is 16.9 Å². The van der Waals surface area contributed by atoms with E-state index in [1.54, 1.807) is 30.3 Å². The number of halogens is 1. The number of ether oxygens (including phenoxy) is 1. The lowest BCUT2D eigenvalue weighted by atomic mass is 10.0. The molecule has 1 fully saturated rings. The third-order valence-electron chi connectivity index (χ3n) is 6.52. The molecule has 0 radical (unpaired) electrons. The number of hydrogen-bond acceptors (Lipinski definition) is 4. The van der Waals surface area contributed by atoms with Gasteiger partial charge in [0.25, 0.3) is 11.8 Å². The van der Waals surface area contributed by atoms with Crippen molar-refractivity contribution in [3.8, 4) is 5.75 Å². The zero-order valence-electron chi connectivity index (χ0n) is 21.4. The molecule has 1 heterocycles. The summed E-state index contributed by atoms with van der Waals surface area (Å²) < 4.78 is 6.98. The minimum Gasteiger partial charge on any atom is -0.488 e. The van der Waals surface area contributed by atoms with Gasteiger partial charge in [-0.2, -0.15) is 0 Å². The summed E-state index contributed by atoms with van der Waals surface area (Å²) in [4.78, 5) is 30.5. The Kier molecular flexibility index (Phi) is 7.72. The summed E-state index contributed by atoms with van der Waals surface area (Å²) in [5.74, 6) is -0.442. The highest BCUT2D eigenvalue weighted by molar-refractivity contribution is 9.10. The molecule has 1 aliphatic rings. The maximum atomic E-state index is 13.8. The monoisotopic (exact) mass is 596 g/mol. The Bertz CT molecular complexity index is 1540. The molecule has 0 atom stereocenters. The van der Waals surface area contributed by atoms with Crippen molar-refractivity contribution in [3.05, 3.63) is 129 Å². The van der Waals surface area contributed by atoms with Crippen molar-refractivity contribution in [2.24, 2.45) is 0 Å². The molecule has 1 saturated heterocycles. The fourth-order valence-electron chi connectivity index (χ4n) is 4.31. The summed E-state index contributed by atoms with van der Waals surface area (Å²) in [7, 11) is 0. The molecule has 2 amide bonds. The van der Waals surface area contributed by atoms with Crippen LogP contribution in [0.25, 0.3) is 6.08 Å². The van der Waals surface area contributed by atoms with E-state index in [0.29, 0.717) is 29.3 Å². The quantitative estimate of drug-likeness (QED) is 0.132. The van der Waals surface area contributed by atoms with Crippen molar-refractivity contribution in [2.45, 2.75) is 20.5 Å². The van der Waals surface area contributed by atoms with Crippen LogP contribution in [0.3, 0.4) is 0 Å². The van der Waals surface area contributed by atoms with Gasteiger partial charge in [-0.3, -0.25) is 19.4 Å². The number of nitrogens with zero attached hydrogens (tertiary/aromatic N) is 2. The standard InChI is InChI=1S/C32H25BrN2O3S/c1-21-13-14-23(17-22(21)2)20-38-29-16-15-25(33)18-24(29)19-28-30(36)34(26-9-5-3-6-10-26)32(39)35(31(28)37)27-11-7-4-8-12-27/h3-19H,20H2,1-2H3. The molecule has 4 aromatic rings. The number of benzene rings is 4. The molecule has 0 saturated carbocycles. The molecule has 1 aliphatic heterocycles. The van der Waals surface area contributed by atoms with Crippen LogP contribution >= 0.6 is 28.1 Å². The molecule has 4 aromatic carbocycles. The largest absolute Gasteiger partial charge is 0.488 e. The van der Waals surface area contributed by atoms with Gasteiger partial charge in [0.2, 0.25) is 0 Å². The lowest BCUT2D eigenvalue weighted by Gasteiger charge is -2.36.